The van der Waals surface area contributed by atoms with E-state index >= 15 is 0 Å². The van der Waals surface area contributed by atoms with Crippen LogP contribution in [0.15, 0.2) is 84.7 Å². The van der Waals surface area contributed by atoms with Gasteiger partial charge in [0.15, 0.2) is 5.60 Å². The third-order valence-electron chi connectivity index (χ3n) is 4.17. The van der Waals surface area contributed by atoms with Gasteiger partial charge in [-0.3, -0.25) is 4.79 Å². The van der Waals surface area contributed by atoms with Gasteiger partial charge in [-0.25, -0.2) is 0 Å². The summed E-state index contributed by atoms with van der Waals surface area (Å²) in [7, 11) is 0. The van der Waals surface area contributed by atoms with Crippen LogP contribution in [-0.4, -0.2) is 27.7 Å². The number of carbonyl (C=O) groups excluding carboxylic acids is 1. The predicted molar refractivity (Wildman–Crippen MR) is 97.7 cm³/mol. The van der Waals surface area contributed by atoms with Crippen LogP contribution in [0.1, 0.15) is 24.2 Å². The Kier molecular flexibility index (Phi) is 5.78. The third kappa shape index (κ3) is 4.58. The summed E-state index contributed by atoms with van der Waals surface area (Å²) in [5, 5.41) is 18.0. The van der Waals surface area contributed by atoms with Crippen LogP contribution in [-0.2, 0) is 4.74 Å². The number of aliphatic hydroxyl groups is 1. The lowest BCUT2D eigenvalue weighted by Crippen LogP contribution is -2.22. The number of para-hydroxylation sites is 1. The number of phenols is 1. The number of rotatable bonds is 1. The monoisotopic (exact) mass is 338 g/mol. The van der Waals surface area contributed by atoms with Crippen molar-refractivity contribution in [1.82, 2.24) is 0 Å². The molecule has 0 amide bonds. The van der Waals surface area contributed by atoms with Crippen molar-refractivity contribution < 1.29 is 19.7 Å². The maximum Gasteiger partial charge on any atom is 0.155 e. The Morgan fingerprint density at radius 3 is 1.84 bits per heavy atom. The van der Waals surface area contributed by atoms with Crippen LogP contribution < -0.4 is 0 Å². The van der Waals surface area contributed by atoms with Crippen LogP contribution in [0.5, 0.6) is 5.75 Å². The molecule has 4 heteroatoms. The summed E-state index contributed by atoms with van der Waals surface area (Å²) in [5.74, 6) is 0.653. The fraction of sp³-hybridized carbons (Fsp3) is 0.190. The smallest absolute Gasteiger partial charge is 0.155 e. The highest BCUT2D eigenvalue weighted by molar-refractivity contribution is 5.74. The maximum absolute atomic E-state index is 10.0. The number of hydrogen-bond donors (Lipinski definition) is 2. The summed E-state index contributed by atoms with van der Waals surface area (Å²) in [6.07, 6.45) is 6.30. The van der Waals surface area contributed by atoms with Crippen LogP contribution in [0, 0.1) is 0 Å². The second-order valence-electron chi connectivity index (χ2n) is 6.02. The van der Waals surface area contributed by atoms with Gasteiger partial charge in [-0.15, -0.1) is 0 Å². The Hall–Kier alpha value is -2.85. The van der Waals surface area contributed by atoms with Gasteiger partial charge in [0.1, 0.15) is 23.4 Å². The standard InChI is InChI=1S/C8H10O2.C7H6O.C6H6O/c1-7-5-3-4-6(9)8(7,2)10-7;8-6-7-4-2-1-3-5-7;7-6-4-2-1-3-5-6/h3-5,9H,1-2H3;1-6H;1-5,7H. The van der Waals surface area contributed by atoms with Crippen molar-refractivity contribution in [1.29, 1.82) is 0 Å². The van der Waals surface area contributed by atoms with Crippen LogP contribution >= 0.6 is 0 Å². The number of fused-ring (bicyclic) bond motifs is 1. The van der Waals surface area contributed by atoms with Crippen molar-refractivity contribution in [2.24, 2.45) is 0 Å². The molecule has 0 spiro atoms. The first-order valence-electron chi connectivity index (χ1n) is 7.95. The van der Waals surface area contributed by atoms with E-state index in [0.29, 0.717) is 11.5 Å². The summed E-state index contributed by atoms with van der Waals surface area (Å²) >= 11 is 0. The molecule has 2 aliphatic rings. The minimum absolute atomic E-state index is 0.244. The number of carbonyl (C=O) groups is 1. The van der Waals surface area contributed by atoms with E-state index in [1.807, 2.05) is 50.3 Å². The lowest BCUT2D eigenvalue weighted by Gasteiger charge is -2.10. The van der Waals surface area contributed by atoms with E-state index in [0.717, 1.165) is 11.8 Å². The molecule has 1 aliphatic carbocycles. The van der Waals surface area contributed by atoms with Gasteiger partial charge >= 0.3 is 0 Å². The topological polar surface area (TPSA) is 70.1 Å². The SMILES string of the molecule is CC12C=CC=C(O)C1(C)O2.O=Cc1ccccc1.Oc1ccccc1. The molecule has 2 aromatic rings. The lowest BCUT2D eigenvalue weighted by molar-refractivity contribution is 0.112. The zero-order chi connectivity index (χ0) is 18.3. The molecule has 1 fully saturated rings. The molecule has 1 heterocycles. The molecular formula is C21H22O4. The Bertz CT molecular complexity index is 752. The molecule has 1 saturated heterocycles. The Labute approximate surface area is 147 Å². The van der Waals surface area contributed by atoms with Crippen molar-refractivity contribution in [2.75, 3.05) is 0 Å². The first-order valence-corrected chi connectivity index (χ1v) is 7.95. The molecule has 4 nitrogen and oxygen atoms in total. The number of epoxide rings is 1. The number of allylic oxidation sites excluding steroid dienone is 2. The van der Waals surface area contributed by atoms with Crippen molar-refractivity contribution >= 4 is 6.29 Å². The number of phenolic OH excluding ortho intramolecular Hbond substituents is 1. The molecule has 0 saturated carbocycles. The zero-order valence-corrected chi connectivity index (χ0v) is 14.3. The lowest BCUT2D eigenvalue weighted by atomic mass is 9.90. The largest absolute Gasteiger partial charge is 0.509 e. The molecule has 0 aromatic heterocycles. The van der Waals surface area contributed by atoms with Crippen LogP contribution in [0.4, 0.5) is 0 Å². The summed E-state index contributed by atoms with van der Waals surface area (Å²) in [5.41, 5.74) is 0.0561. The Morgan fingerprint density at radius 2 is 1.48 bits per heavy atom. The van der Waals surface area contributed by atoms with E-state index in [1.54, 1.807) is 42.5 Å². The second-order valence-corrected chi connectivity index (χ2v) is 6.02. The van der Waals surface area contributed by atoms with Gasteiger partial charge in [0.2, 0.25) is 0 Å². The molecule has 130 valence electrons. The highest BCUT2D eigenvalue weighted by Gasteiger charge is 2.65. The number of aliphatic hydroxyl groups excluding tert-OH is 1. The third-order valence-corrected chi connectivity index (χ3v) is 4.17. The number of benzene rings is 2. The van der Waals surface area contributed by atoms with Crippen LogP contribution in [0.25, 0.3) is 0 Å². The zero-order valence-electron chi connectivity index (χ0n) is 14.3. The average molecular weight is 338 g/mol. The minimum atomic E-state index is -0.429. The molecule has 4 rings (SSSR count). The van der Waals surface area contributed by atoms with Gasteiger partial charge in [-0.05, 0) is 38.1 Å². The fourth-order valence-corrected chi connectivity index (χ4v) is 2.34. The Balaban J connectivity index is 0.000000138. The van der Waals surface area contributed by atoms with Crippen molar-refractivity contribution in [2.45, 2.75) is 25.0 Å². The summed E-state index contributed by atoms with van der Waals surface area (Å²) in [4.78, 5) is 10.0. The number of ether oxygens (including phenoxy) is 1. The first kappa shape index (κ1) is 18.5. The molecule has 2 aromatic carbocycles. The average Bonchev–Trinajstić information content (AvgIpc) is 3.22. The number of aldehydes is 1. The predicted octanol–water partition coefficient (Wildman–Crippen LogP) is 4.44. The van der Waals surface area contributed by atoms with E-state index in [2.05, 4.69) is 0 Å². The first-order chi connectivity index (χ1) is 11.9. The van der Waals surface area contributed by atoms with E-state index < -0.39 is 5.60 Å². The molecule has 25 heavy (non-hydrogen) atoms. The second kappa shape index (κ2) is 7.81. The van der Waals surface area contributed by atoms with Gasteiger partial charge in [0.05, 0.1) is 0 Å². The highest BCUT2D eigenvalue weighted by Crippen LogP contribution is 2.54. The van der Waals surface area contributed by atoms with E-state index in [-0.39, 0.29) is 5.60 Å². The van der Waals surface area contributed by atoms with Gasteiger partial charge in [0.25, 0.3) is 0 Å². The van der Waals surface area contributed by atoms with Gasteiger partial charge < -0.3 is 14.9 Å². The number of hydrogen-bond acceptors (Lipinski definition) is 4. The molecule has 2 N–H and O–H groups in total. The highest BCUT2D eigenvalue weighted by atomic mass is 16.6. The quantitative estimate of drug-likeness (QED) is 0.596. The summed E-state index contributed by atoms with van der Waals surface area (Å²) < 4.78 is 5.36. The minimum Gasteiger partial charge on any atom is -0.509 e. The molecular weight excluding hydrogens is 316 g/mol. The molecule has 1 aliphatic heterocycles. The van der Waals surface area contributed by atoms with Gasteiger partial charge in [-0.1, -0.05) is 54.6 Å². The van der Waals surface area contributed by atoms with Crippen molar-refractivity contribution in [3.8, 4) is 5.75 Å². The van der Waals surface area contributed by atoms with E-state index in [4.69, 9.17) is 9.84 Å². The van der Waals surface area contributed by atoms with E-state index in [9.17, 15) is 9.90 Å². The number of aromatic hydroxyl groups is 1. The molecule has 0 radical (unpaired) electrons. The summed E-state index contributed by atoms with van der Waals surface area (Å²) in [6, 6.07) is 17.8. The van der Waals surface area contributed by atoms with Gasteiger partial charge in [0, 0.05) is 5.56 Å². The van der Waals surface area contributed by atoms with Gasteiger partial charge in [-0.2, -0.15) is 0 Å². The van der Waals surface area contributed by atoms with Crippen molar-refractivity contribution in [3.05, 3.63) is 90.2 Å². The van der Waals surface area contributed by atoms with Crippen LogP contribution in [0.3, 0.4) is 0 Å². The van der Waals surface area contributed by atoms with Crippen LogP contribution in [0.2, 0.25) is 0 Å². The maximum atomic E-state index is 10.0. The molecule has 2 atom stereocenters. The summed E-state index contributed by atoms with van der Waals surface area (Å²) in [6.45, 7) is 3.86. The van der Waals surface area contributed by atoms with E-state index in [1.165, 1.54) is 0 Å². The molecule has 2 unspecified atom stereocenters. The fourth-order valence-electron chi connectivity index (χ4n) is 2.34. The molecule has 0 bridgehead atoms. The Morgan fingerprint density at radius 1 is 0.920 bits per heavy atom. The van der Waals surface area contributed by atoms with Crippen molar-refractivity contribution in [3.63, 3.8) is 0 Å². The normalized spacial score (nSPS) is 25.1.